The molecule has 0 aliphatic carbocycles. The zero-order valence-corrected chi connectivity index (χ0v) is 8.59. The Labute approximate surface area is 87.9 Å². The molecule has 0 unspecified atom stereocenters. The number of tetrazole rings is 1. The van der Waals surface area contributed by atoms with Crippen molar-refractivity contribution in [2.24, 2.45) is 0 Å². The molecular weight excluding hydrogens is 190 g/mol. The second-order valence-corrected chi connectivity index (χ2v) is 3.35. The standard InChI is InChI=1S/C10H13N5/c1-2-3-10-12-13-14-15(10)9-6-4-8(11)5-7-9/h4-7H,2-3,11H2,1H3. The van der Waals surface area contributed by atoms with Gasteiger partial charge in [0, 0.05) is 12.1 Å². The van der Waals surface area contributed by atoms with Crippen LogP contribution in [0, 0.1) is 0 Å². The van der Waals surface area contributed by atoms with Crippen LogP contribution in [0.4, 0.5) is 5.69 Å². The van der Waals surface area contributed by atoms with E-state index >= 15 is 0 Å². The number of nitrogen functional groups attached to an aromatic ring is 1. The van der Waals surface area contributed by atoms with Crippen molar-refractivity contribution in [3.63, 3.8) is 0 Å². The molecule has 2 rings (SSSR count). The van der Waals surface area contributed by atoms with Gasteiger partial charge in [0.05, 0.1) is 5.69 Å². The number of nitrogens with two attached hydrogens (primary N) is 1. The summed E-state index contributed by atoms with van der Waals surface area (Å²) in [5, 5.41) is 11.6. The van der Waals surface area contributed by atoms with Crippen LogP contribution >= 0.6 is 0 Å². The largest absolute Gasteiger partial charge is 0.399 e. The fourth-order valence-corrected chi connectivity index (χ4v) is 1.40. The highest BCUT2D eigenvalue weighted by Crippen LogP contribution is 2.11. The van der Waals surface area contributed by atoms with E-state index in [9.17, 15) is 0 Å². The SMILES string of the molecule is CCCc1nnnn1-c1ccc(N)cc1. The molecule has 0 aliphatic rings. The summed E-state index contributed by atoms with van der Waals surface area (Å²) in [5.74, 6) is 0.877. The summed E-state index contributed by atoms with van der Waals surface area (Å²) in [4.78, 5) is 0. The summed E-state index contributed by atoms with van der Waals surface area (Å²) >= 11 is 0. The third-order valence-electron chi connectivity index (χ3n) is 2.15. The first kappa shape index (κ1) is 9.64. The second-order valence-electron chi connectivity index (χ2n) is 3.35. The summed E-state index contributed by atoms with van der Waals surface area (Å²) in [6.07, 6.45) is 1.90. The van der Waals surface area contributed by atoms with Crippen LogP contribution in [0.15, 0.2) is 24.3 Å². The Kier molecular flexibility index (Phi) is 2.62. The molecule has 1 aromatic carbocycles. The zero-order valence-electron chi connectivity index (χ0n) is 8.59. The van der Waals surface area contributed by atoms with Crippen LogP contribution in [0.2, 0.25) is 0 Å². The lowest BCUT2D eigenvalue weighted by Gasteiger charge is -2.03. The van der Waals surface area contributed by atoms with E-state index in [1.807, 2.05) is 24.3 Å². The highest BCUT2D eigenvalue weighted by Gasteiger charge is 2.06. The lowest BCUT2D eigenvalue weighted by molar-refractivity contribution is 0.745. The average Bonchev–Trinajstić information content (AvgIpc) is 2.68. The predicted molar refractivity (Wildman–Crippen MR) is 57.6 cm³/mol. The van der Waals surface area contributed by atoms with E-state index in [-0.39, 0.29) is 0 Å². The van der Waals surface area contributed by atoms with Crippen molar-refractivity contribution in [1.82, 2.24) is 20.2 Å². The summed E-state index contributed by atoms with van der Waals surface area (Å²) in [6.45, 7) is 2.10. The van der Waals surface area contributed by atoms with Gasteiger partial charge in [-0.05, 0) is 41.1 Å². The number of hydrogen-bond donors (Lipinski definition) is 1. The van der Waals surface area contributed by atoms with E-state index in [0.717, 1.165) is 30.0 Å². The van der Waals surface area contributed by atoms with Crippen LogP contribution in [0.5, 0.6) is 0 Å². The Morgan fingerprint density at radius 2 is 2.00 bits per heavy atom. The minimum atomic E-state index is 0.740. The molecule has 5 nitrogen and oxygen atoms in total. The maximum Gasteiger partial charge on any atom is 0.156 e. The molecule has 1 heterocycles. The van der Waals surface area contributed by atoms with Crippen LogP contribution < -0.4 is 5.73 Å². The van der Waals surface area contributed by atoms with Gasteiger partial charge < -0.3 is 5.73 Å². The summed E-state index contributed by atoms with van der Waals surface area (Å²) < 4.78 is 1.74. The van der Waals surface area contributed by atoms with Gasteiger partial charge in [0.15, 0.2) is 5.82 Å². The Morgan fingerprint density at radius 3 is 2.67 bits per heavy atom. The van der Waals surface area contributed by atoms with Crippen molar-refractivity contribution < 1.29 is 0 Å². The topological polar surface area (TPSA) is 69.6 Å². The van der Waals surface area contributed by atoms with Gasteiger partial charge in [0.1, 0.15) is 0 Å². The molecule has 1 aromatic heterocycles. The van der Waals surface area contributed by atoms with Crippen molar-refractivity contribution in [3.05, 3.63) is 30.1 Å². The first-order valence-electron chi connectivity index (χ1n) is 4.94. The molecule has 2 aromatic rings. The highest BCUT2D eigenvalue weighted by molar-refractivity contribution is 5.44. The van der Waals surface area contributed by atoms with Crippen LogP contribution in [0.1, 0.15) is 19.2 Å². The number of aromatic nitrogens is 4. The van der Waals surface area contributed by atoms with E-state index in [1.165, 1.54) is 0 Å². The number of aryl methyl sites for hydroxylation is 1. The summed E-state index contributed by atoms with van der Waals surface area (Å²) in [5.41, 5.74) is 7.30. The molecule has 0 radical (unpaired) electrons. The predicted octanol–water partition coefficient (Wildman–Crippen LogP) is 1.20. The van der Waals surface area contributed by atoms with Gasteiger partial charge in [0.2, 0.25) is 0 Å². The lowest BCUT2D eigenvalue weighted by atomic mass is 10.2. The minimum Gasteiger partial charge on any atom is -0.399 e. The monoisotopic (exact) mass is 203 g/mol. The number of anilines is 1. The maximum atomic E-state index is 5.62. The van der Waals surface area contributed by atoms with Gasteiger partial charge in [-0.2, -0.15) is 4.68 Å². The van der Waals surface area contributed by atoms with Gasteiger partial charge in [-0.3, -0.25) is 0 Å². The molecule has 0 amide bonds. The molecule has 0 bridgehead atoms. The van der Waals surface area contributed by atoms with E-state index in [0.29, 0.717) is 0 Å². The maximum absolute atomic E-state index is 5.62. The van der Waals surface area contributed by atoms with E-state index < -0.39 is 0 Å². The molecular formula is C10H13N5. The van der Waals surface area contributed by atoms with Gasteiger partial charge in [0.25, 0.3) is 0 Å². The highest BCUT2D eigenvalue weighted by atomic mass is 15.5. The summed E-state index contributed by atoms with van der Waals surface area (Å²) in [6, 6.07) is 7.50. The molecule has 0 atom stereocenters. The van der Waals surface area contributed by atoms with Crippen LogP contribution in [-0.2, 0) is 6.42 Å². The minimum absolute atomic E-state index is 0.740. The molecule has 0 fully saturated rings. The van der Waals surface area contributed by atoms with Crippen molar-refractivity contribution in [2.75, 3.05) is 5.73 Å². The molecule has 0 spiro atoms. The Hall–Kier alpha value is -1.91. The summed E-state index contributed by atoms with van der Waals surface area (Å²) in [7, 11) is 0. The van der Waals surface area contributed by atoms with Crippen molar-refractivity contribution in [3.8, 4) is 5.69 Å². The van der Waals surface area contributed by atoms with Crippen molar-refractivity contribution >= 4 is 5.69 Å². The third kappa shape index (κ3) is 1.96. The van der Waals surface area contributed by atoms with Crippen LogP contribution in [0.3, 0.4) is 0 Å². The third-order valence-corrected chi connectivity index (χ3v) is 2.15. The second kappa shape index (κ2) is 4.08. The number of benzene rings is 1. The van der Waals surface area contributed by atoms with Gasteiger partial charge in [-0.25, -0.2) is 0 Å². The van der Waals surface area contributed by atoms with Gasteiger partial charge in [-0.15, -0.1) is 5.10 Å². The normalized spacial score (nSPS) is 10.5. The van der Waals surface area contributed by atoms with E-state index in [1.54, 1.807) is 4.68 Å². The van der Waals surface area contributed by atoms with Gasteiger partial charge in [-0.1, -0.05) is 6.92 Å². The molecule has 0 saturated carbocycles. The average molecular weight is 203 g/mol. The molecule has 5 heteroatoms. The smallest absolute Gasteiger partial charge is 0.156 e. The molecule has 0 saturated heterocycles. The van der Waals surface area contributed by atoms with Crippen LogP contribution in [0.25, 0.3) is 5.69 Å². The Bertz CT molecular complexity index is 431. The number of hydrogen-bond acceptors (Lipinski definition) is 4. The Balaban J connectivity index is 2.36. The first-order chi connectivity index (χ1) is 7.31. The Morgan fingerprint density at radius 1 is 1.27 bits per heavy atom. The van der Waals surface area contributed by atoms with E-state index in [4.69, 9.17) is 5.73 Å². The zero-order chi connectivity index (χ0) is 10.7. The van der Waals surface area contributed by atoms with Gasteiger partial charge >= 0.3 is 0 Å². The van der Waals surface area contributed by atoms with Crippen molar-refractivity contribution in [2.45, 2.75) is 19.8 Å². The number of nitrogens with zero attached hydrogens (tertiary/aromatic N) is 4. The fourth-order valence-electron chi connectivity index (χ4n) is 1.40. The first-order valence-corrected chi connectivity index (χ1v) is 4.94. The van der Waals surface area contributed by atoms with Crippen LogP contribution in [-0.4, -0.2) is 20.2 Å². The fraction of sp³-hybridized carbons (Fsp3) is 0.300. The molecule has 78 valence electrons. The molecule has 0 aliphatic heterocycles. The quantitative estimate of drug-likeness (QED) is 0.761. The van der Waals surface area contributed by atoms with E-state index in [2.05, 4.69) is 22.4 Å². The van der Waals surface area contributed by atoms with Crippen molar-refractivity contribution in [1.29, 1.82) is 0 Å². The molecule has 2 N–H and O–H groups in total. The molecule has 15 heavy (non-hydrogen) atoms. The lowest BCUT2D eigenvalue weighted by Crippen LogP contribution is -2.03. The number of rotatable bonds is 3.